The Morgan fingerprint density at radius 1 is 1.24 bits per heavy atom. The fraction of sp³-hybridized carbons (Fsp3) is 0.294. The van der Waals surface area contributed by atoms with Crippen molar-refractivity contribution in [3.05, 3.63) is 59.4 Å². The summed E-state index contributed by atoms with van der Waals surface area (Å²) in [5.74, 6) is -0.964. The maximum atomic E-state index is 12.9. The first kappa shape index (κ1) is 17.2. The highest BCUT2D eigenvalue weighted by atomic mass is 19.4. The molecule has 1 amide bonds. The van der Waals surface area contributed by atoms with Gasteiger partial charge in [-0.3, -0.25) is 4.79 Å². The van der Waals surface area contributed by atoms with E-state index < -0.39 is 29.8 Å². The first-order valence-corrected chi connectivity index (χ1v) is 7.57. The minimum Gasteiger partial charge on any atom is -0.505 e. The zero-order valence-corrected chi connectivity index (χ0v) is 12.9. The maximum Gasteiger partial charge on any atom is 0.416 e. The van der Waals surface area contributed by atoms with Crippen LogP contribution in [0.4, 0.5) is 13.2 Å². The van der Waals surface area contributed by atoms with E-state index in [-0.39, 0.29) is 30.0 Å². The first-order valence-electron chi connectivity index (χ1n) is 7.57. The van der Waals surface area contributed by atoms with Crippen molar-refractivity contribution in [2.45, 2.75) is 24.7 Å². The van der Waals surface area contributed by atoms with E-state index in [0.29, 0.717) is 0 Å². The molecule has 2 N–H and O–H groups in total. The number of alkyl halides is 3. The summed E-state index contributed by atoms with van der Waals surface area (Å²) in [6.07, 6.45) is -3.92. The predicted molar refractivity (Wildman–Crippen MR) is 81.7 cm³/mol. The van der Waals surface area contributed by atoms with Gasteiger partial charge >= 0.3 is 6.18 Å². The molecule has 132 valence electrons. The van der Waals surface area contributed by atoms with Gasteiger partial charge in [0.25, 0.3) is 5.91 Å². The Morgan fingerprint density at radius 3 is 2.68 bits per heavy atom. The van der Waals surface area contributed by atoms with Crippen molar-refractivity contribution in [2.75, 3.05) is 6.54 Å². The molecule has 1 aromatic heterocycles. The maximum absolute atomic E-state index is 12.9. The van der Waals surface area contributed by atoms with Gasteiger partial charge in [0.2, 0.25) is 0 Å². The third-order valence-corrected chi connectivity index (χ3v) is 4.13. The molecule has 8 heteroatoms. The average molecular weight is 352 g/mol. The lowest BCUT2D eigenvalue weighted by atomic mass is 10.0. The Bertz CT molecular complexity index is 795. The Balaban J connectivity index is 1.95. The zero-order chi connectivity index (χ0) is 18.2. The van der Waals surface area contributed by atoms with Crippen LogP contribution in [-0.4, -0.2) is 38.7 Å². The monoisotopic (exact) mass is 352 g/mol. The van der Waals surface area contributed by atoms with Gasteiger partial charge in [-0.2, -0.15) is 13.2 Å². The highest BCUT2D eigenvalue weighted by molar-refractivity contribution is 5.95. The number of amides is 1. The van der Waals surface area contributed by atoms with E-state index in [1.165, 1.54) is 35.4 Å². The number of hydrogen-bond donors (Lipinski definition) is 2. The molecule has 2 aromatic rings. The predicted octanol–water partition coefficient (Wildman–Crippen LogP) is 2.75. The quantitative estimate of drug-likeness (QED) is 0.872. The number of aliphatic hydroxyl groups is 1. The number of benzene rings is 1. The molecule has 1 saturated heterocycles. The third kappa shape index (κ3) is 3.43. The fourth-order valence-electron chi connectivity index (χ4n) is 2.97. The van der Waals surface area contributed by atoms with Gasteiger partial charge in [0, 0.05) is 12.7 Å². The summed E-state index contributed by atoms with van der Waals surface area (Å²) in [6, 6.07) is 6.69. The fourth-order valence-corrected chi connectivity index (χ4v) is 2.97. The van der Waals surface area contributed by atoms with Crippen LogP contribution in [0, 0.1) is 0 Å². The summed E-state index contributed by atoms with van der Waals surface area (Å²) in [4.78, 5) is 17.7. The van der Waals surface area contributed by atoms with Crippen LogP contribution in [-0.2, 0) is 6.18 Å². The second kappa shape index (κ2) is 6.36. The number of pyridine rings is 1. The molecule has 1 aliphatic rings. The van der Waals surface area contributed by atoms with E-state index in [2.05, 4.69) is 4.98 Å². The number of carbonyl (C=O) groups excluding carboxylic acids is 1. The molecule has 25 heavy (non-hydrogen) atoms. The Morgan fingerprint density at radius 2 is 2.00 bits per heavy atom. The highest BCUT2D eigenvalue weighted by Crippen LogP contribution is 2.37. The first-order chi connectivity index (χ1) is 11.8. The molecular formula is C17H15F3N2O3. The van der Waals surface area contributed by atoms with Crippen LogP contribution in [0.2, 0.25) is 0 Å². The number of nitrogens with zero attached hydrogens (tertiary/aromatic N) is 2. The normalized spacial score (nSPS) is 20.7. The van der Waals surface area contributed by atoms with Gasteiger partial charge in [-0.05, 0) is 36.2 Å². The van der Waals surface area contributed by atoms with Crippen LogP contribution >= 0.6 is 0 Å². The van der Waals surface area contributed by atoms with Crippen molar-refractivity contribution in [3.63, 3.8) is 0 Å². The summed E-state index contributed by atoms with van der Waals surface area (Å²) in [7, 11) is 0. The number of aliphatic hydroxyl groups excluding tert-OH is 1. The summed E-state index contributed by atoms with van der Waals surface area (Å²) in [5.41, 5.74) is -0.747. The Hall–Kier alpha value is -2.61. The number of halogens is 3. The molecule has 0 saturated carbocycles. The summed E-state index contributed by atoms with van der Waals surface area (Å²) in [6.45, 7) is -0.0459. The summed E-state index contributed by atoms with van der Waals surface area (Å²) >= 11 is 0. The van der Waals surface area contributed by atoms with E-state index in [1.54, 1.807) is 0 Å². The van der Waals surface area contributed by atoms with Gasteiger partial charge in [0.1, 0.15) is 5.75 Å². The van der Waals surface area contributed by atoms with E-state index in [4.69, 9.17) is 0 Å². The van der Waals surface area contributed by atoms with Crippen molar-refractivity contribution >= 4 is 5.91 Å². The Kier molecular flexibility index (Phi) is 4.38. The summed E-state index contributed by atoms with van der Waals surface area (Å²) in [5, 5.41) is 19.7. The van der Waals surface area contributed by atoms with Crippen LogP contribution in [0.1, 0.15) is 34.1 Å². The van der Waals surface area contributed by atoms with Crippen molar-refractivity contribution < 1.29 is 28.2 Å². The average Bonchev–Trinajstić information content (AvgIpc) is 2.96. The van der Waals surface area contributed by atoms with Crippen LogP contribution in [0.5, 0.6) is 5.75 Å². The standard InChI is InChI=1S/C17H15F3N2O3/c18-17(19,20)11-4-1-3-10(7-11)13-8-12(23)9-22(13)16(25)15-14(24)5-2-6-21-15/h1-7,12-13,23-24H,8-9H2. The van der Waals surface area contributed by atoms with E-state index >= 15 is 0 Å². The van der Waals surface area contributed by atoms with Gasteiger partial charge in [-0.25, -0.2) is 4.98 Å². The minimum atomic E-state index is -4.50. The van der Waals surface area contributed by atoms with Crippen LogP contribution in [0.25, 0.3) is 0 Å². The smallest absolute Gasteiger partial charge is 0.416 e. The lowest BCUT2D eigenvalue weighted by Gasteiger charge is -2.25. The van der Waals surface area contributed by atoms with Crippen molar-refractivity contribution in [1.29, 1.82) is 0 Å². The topological polar surface area (TPSA) is 73.7 Å². The number of aromatic hydroxyl groups is 1. The lowest BCUT2D eigenvalue weighted by Crippen LogP contribution is -2.32. The van der Waals surface area contributed by atoms with Gasteiger partial charge in [-0.1, -0.05) is 12.1 Å². The van der Waals surface area contributed by atoms with E-state index in [9.17, 15) is 28.2 Å². The number of likely N-dealkylation sites (tertiary alicyclic amines) is 1. The van der Waals surface area contributed by atoms with Crippen LogP contribution in [0.15, 0.2) is 42.6 Å². The SMILES string of the molecule is O=C(c1ncccc1O)N1CC(O)CC1c1cccc(C(F)(F)F)c1. The van der Waals surface area contributed by atoms with E-state index in [1.807, 2.05) is 0 Å². The molecule has 3 rings (SSSR count). The largest absolute Gasteiger partial charge is 0.505 e. The lowest BCUT2D eigenvalue weighted by molar-refractivity contribution is -0.137. The molecule has 2 unspecified atom stereocenters. The number of β-amino-alcohol motifs (C(OH)–C–C–N with tert-alkyl or cyclic N) is 1. The molecule has 1 fully saturated rings. The third-order valence-electron chi connectivity index (χ3n) is 4.13. The van der Waals surface area contributed by atoms with Crippen LogP contribution in [0.3, 0.4) is 0 Å². The van der Waals surface area contributed by atoms with Crippen molar-refractivity contribution in [1.82, 2.24) is 9.88 Å². The van der Waals surface area contributed by atoms with Crippen LogP contribution < -0.4 is 0 Å². The second-order valence-corrected chi connectivity index (χ2v) is 5.86. The van der Waals surface area contributed by atoms with Crippen molar-refractivity contribution in [3.8, 4) is 5.75 Å². The van der Waals surface area contributed by atoms with Crippen molar-refractivity contribution in [2.24, 2.45) is 0 Å². The number of hydrogen-bond acceptors (Lipinski definition) is 4. The number of aromatic nitrogens is 1. The van der Waals surface area contributed by atoms with Gasteiger partial charge in [0.05, 0.1) is 17.7 Å². The van der Waals surface area contributed by atoms with E-state index in [0.717, 1.165) is 12.1 Å². The molecule has 2 heterocycles. The van der Waals surface area contributed by atoms with Gasteiger partial charge in [-0.15, -0.1) is 0 Å². The molecule has 1 aliphatic heterocycles. The minimum absolute atomic E-state index is 0.0459. The van der Waals surface area contributed by atoms with Gasteiger partial charge in [0.15, 0.2) is 5.69 Å². The molecule has 1 aromatic carbocycles. The highest BCUT2D eigenvalue weighted by Gasteiger charge is 2.38. The number of rotatable bonds is 2. The molecular weight excluding hydrogens is 337 g/mol. The number of carbonyl (C=O) groups is 1. The molecule has 0 spiro atoms. The Labute approximate surface area is 141 Å². The molecule has 5 nitrogen and oxygen atoms in total. The van der Waals surface area contributed by atoms with Gasteiger partial charge < -0.3 is 15.1 Å². The molecule has 0 radical (unpaired) electrons. The molecule has 0 bridgehead atoms. The summed E-state index contributed by atoms with van der Waals surface area (Å²) < 4.78 is 38.8. The molecule has 2 atom stereocenters. The second-order valence-electron chi connectivity index (χ2n) is 5.86. The zero-order valence-electron chi connectivity index (χ0n) is 12.9. The molecule has 0 aliphatic carbocycles.